The summed E-state index contributed by atoms with van der Waals surface area (Å²) in [7, 11) is 1.32. The smallest absolute Gasteiger partial charge is 0.335 e. The third kappa shape index (κ3) is 1.73. The van der Waals surface area contributed by atoms with Crippen LogP contribution < -0.4 is 0 Å². The standard InChI is InChI=1S/C10H15NO2.BrH/c1-11-7-3-5-8(10(12)13-2)9(11)6-4-7;/h5,7,9H,3-4,6H2,1-2H3;1H/t7-,9-;/m1./s1/i1D3;. The maximum atomic E-state index is 11.5. The van der Waals surface area contributed by atoms with Crippen LogP contribution in [0, 0.1) is 0 Å². The van der Waals surface area contributed by atoms with E-state index in [1.165, 1.54) is 12.0 Å². The number of esters is 1. The Hall–Kier alpha value is -0.350. The van der Waals surface area contributed by atoms with Crippen LogP contribution >= 0.6 is 17.0 Å². The first-order chi connectivity index (χ1) is 7.45. The summed E-state index contributed by atoms with van der Waals surface area (Å²) in [5.41, 5.74) is 0.507. The van der Waals surface area contributed by atoms with E-state index in [-0.39, 0.29) is 29.1 Å². The predicted molar refractivity (Wildman–Crippen MR) is 59.6 cm³/mol. The molecule has 0 amide bonds. The minimum Gasteiger partial charge on any atom is -0.466 e. The maximum absolute atomic E-state index is 11.5. The van der Waals surface area contributed by atoms with Crippen LogP contribution in [0.25, 0.3) is 0 Å². The molecule has 0 saturated carbocycles. The normalized spacial score (nSPS) is 34.6. The molecule has 2 bridgehead atoms. The molecular formula is C10H16BrNO2. The van der Waals surface area contributed by atoms with Gasteiger partial charge in [-0.15, -0.1) is 17.0 Å². The van der Waals surface area contributed by atoms with Gasteiger partial charge < -0.3 is 4.74 Å². The number of hydrogen-bond acceptors (Lipinski definition) is 3. The van der Waals surface area contributed by atoms with Gasteiger partial charge in [-0.2, -0.15) is 0 Å². The van der Waals surface area contributed by atoms with E-state index in [4.69, 9.17) is 4.11 Å². The van der Waals surface area contributed by atoms with Gasteiger partial charge in [-0.25, -0.2) is 4.79 Å². The van der Waals surface area contributed by atoms with Crippen molar-refractivity contribution in [2.45, 2.75) is 31.3 Å². The third-order valence-corrected chi connectivity index (χ3v) is 2.89. The Morgan fingerprint density at radius 1 is 1.71 bits per heavy atom. The molecule has 2 aliphatic heterocycles. The lowest BCUT2D eigenvalue weighted by Crippen LogP contribution is -2.38. The molecule has 3 nitrogen and oxygen atoms in total. The van der Waals surface area contributed by atoms with Crippen LogP contribution in [-0.4, -0.2) is 37.0 Å². The second kappa shape index (κ2) is 4.45. The van der Waals surface area contributed by atoms with Gasteiger partial charge in [0.15, 0.2) is 0 Å². The summed E-state index contributed by atoms with van der Waals surface area (Å²) in [4.78, 5) is 13.0. The molecule has 0 spiro atoms. The quantitative estimate of drug-likeness (QED) is 0.673. The zero-order valence-electron chi connectivity index (χ0n) is 11.0. The molecule has 2 atom stereocenters. The van der Waals surface area contributed by atoms with Crippen molar-refractivity contribution in [1.82, 2.24) is 4.90 Å². The van der Waals surface area contributed by atoms with Gasteiger partial charge in [0, 0.05) is 16.2 Å². The van der Waals surface area contributed by atoms with Crippen LogP contribution in [0.3, 0.4) is 0 Å². The highest BCUT2D eigenvalue weighted by atomic mass is 79.9. The molecule has 0 aliphatic carbocycles. The summed E-state index contributed by atoms with van der Waals surface area (Å²) in [5, 5.41) is 0. The fourth-order valence-corrected chi connectivity index (χ4v) is 2.16. The SMILES string of the molecule is Br.[2H]C([2H])([2H])N1[C@@H]2CC=C(C(=O)OC)[C@H]1CC2. The Balaban J connectivity index is 0.00000144. The minimum atomic E-state index is -2.13. The van der Waals surface area contributed by atoms with Gasteiger partial charge in [-0.3, -0.25) is 4.90 Å². The molecule has 0 aromatic carbocycles. The molecule has 0 aromatic rings. The van der Waals surface area contributed by atoms with E-state index >= 15 is 0 Å². The number of halogens is 1. The lowest BCUT2D eigenvalue weighted by Gasteiger charge is -2.30. The van der Waals surface area contributed by atoms with E-state index in [9.17, 15) is 4.79 Å². The van der Waals surface area contributed by atoms with Crippen molar-refractivity contribution >= 4 is 23.0 Å². The number of likely N-dealkylation sites (N-methyl/N-ethyl adjacent to an activating group) is 1. The molecule has 2 heterocycles. The molecule has 0 aromatic heterocycles. The first-order valence-corrected chi connectivity index (χ1v) is 4.52. The Kier molecular flexibility index (Phi) is 2.50. The van der Waals surface area contributed by atoms with Gasteiger partial charge in [0.05, 0.1) is 12.7 Å². The molecular weight excluding hydrogens is 246 g/mol. The lowest BCUT2D eigenvalue weighted by molar-refractivity contribution is -0.136. The fourth-order valence-electron chi connectivity index (χ4n) is 2.16. The highest BCUT2D eigenvalue weighted by molar-refractivity contribution is 8.93. The number of fused-ring (bicyclic) bond motifs is 2. The second-order valence-corrected chi connectivity index (χ2v) is 3.54. The Morgan fingerprint density at radius 2 is 2.50 bits per heavy atom. The van der Waals surface area contributed by atoms with Crippen LogP contribution in [0.5, 0.6) is 0 Å². The van der Waals surface area contributed by atoms with Gasteiger partial charge in [0.2, 0.25) is 0 Å². The zero-order chi connectivity index (χ0) is 11.9. The minimum absolute atomic E-state index is 0. The first-order valence-electron chi connectivity index (χ1n) is 6.02. The first kappa shape index (κ1) is 7.88. The van der Waals surface area contributed by atoms with Crippen molar-refractivity contribution in [3.8, 4) is 0 Å². The van der Waals surface area contributed by atoms with Gasteiger partial charge in [-0.1, -0.05) is 6.08 Å². The monoisotopic (exact) mass is 264 g/mol. The highest BCUT2D eigenvalue weighted by Gasteiger charge is 2.38. The lowest BCUT2D eigenvalue weighted by atomic mass is 10.0. The van der Waals surface area contributed by atoms with Crippen LogP contribution in [-0.2, 0) is 9.53 Å². The largest absolute Gasteiger partial charge is 0.466 e. The molecule has 0 unspecified atom stereocenters. The van der Waals surface area contributed by atoms with Crippen molar-refractivity contribution in [3.05, 3.63) is 11.6 Å². The molecule has 0 radical (unpaired) electrons. The molecule has 2 rings (SSSR count). The number of carbonyl (C=O) groups is 1. The number of carbonyl (C=O) groups excluding carboxylic acids is 1. The van der Waals surface area contributed by atoms with Gasteiger partial charge in [-0.05, 0) is 26.2 Å². The van der Waals surface area contributed by atoms with Crippen molar-refractivity contribution < 1.29 is 13.6 Å². The number of methoxy groups -OCH3 is 1. The average Bonchev–Trinajstić information content (AvgIpc) is 2.53. The van der Waals surface area contributed by atoms with E-state index in [0.29, 0.717) is 12.0 Å². The van der Waals surface area contributed by atoms with Crippen molar-refractivity contribution in [2.75, 3.05) is 14.1 Å². The number of nitrogens with zero attached hydrogens (tertiary/aromatic N) is 1. The molecule has 80 valence electrons. The van der Waals surface area contributed by atoms with Gasteiger partial charge in [0.1, 0.15) is 0 Å². The summed E-state index contributed by atoms with van der Waals surface area (Å²) in [6.45, 7) is -2.13. The van der Waals surface area contributed by atoms with Crippen molar-refractivity contribution in [3.63, 3.8) is 0 Å². The van der Waals surface area contributed by atoms with Crippen molar-refractivity contribution in [2.24, 2.45) is 0 Å². The zero-order valence-corrected chi connectivity index (χ0v) is 9.74. The maximum Gasteiger partial charge on any atom is 0.335 e. The molecule has 2 aliphatic rings. The summed E-state index contributed by atoms with van der Waals surface area (Å²) in [6, 6.07) is -0.246. The van der Waals surface area contributed by atoms with E-state index in [2.05, 4.69) is 4.74 Å². The van der Waals surface area contributed by atoms with Gasteiger partial charge in [0.25, 0.3) is 0 Å². The van der Waals surface area contributed by atoms with Crippen LogP contribution in [0.1, 0.15) is 23.4 Å². The Labute approximate surface area is 99.1 Å². The summed E-state index contributed by atoms with van der Waals surface area (Å²) >= 11 is 0. The topological polar surface area (TPSA) is 29.5 Å². The third-order valence-electron chi connectivity index (χ3n) is 2.89. The Morgan fingerprint density at radius 3 is 3.14 bits per heavy atom. The molecule has 0 N–H and O–H groups in total. The van der Waals surface area contributed by atoms with Gasteiger partial charge >= 0.3 is 5.97 Å². The highest BCUT2D eigenvalue weighted by Crippen LogP contribution is 2.34. The number of rotatable bonds is 1. The van der Waals surface area contributed by atoms with Crippen LogP contribution in [0.2, 0.25) is 0 Å². The van der Waals surface area contributed by atoms with E-state index in [1.54, 1.807) is 0 Å². The summed E-state index contributed by atoms with van der Waals surface area (Å²) < 4.78 is 27.2. The number of hydrogen-bond donors (Lipinski definition) is 0. The predicted octanol–water partition coefficient (Wildman–Crippen LogP) is 1.53. The van der Waals surface area contributed by atoms with E-state index in [1.807, 2.05) is 6.08 Å². The molecule has 1 saturated heterocycles. The summed E-state index contributed by atoms with van der Waals surface area (Å²) in [6.07, 6.45) is 4.01. The van der Waals surface area contributed by atoms with Crippen LogP contribution in [0.4, 0.5) is 0 Å². The molecule has 14 heavy (non-hydrogen) atoms. The van der Waals surface area contributed by atoms with Crippen LogP contribution in [0.15, 0.2) is 11.6 Å². The molecule has 1 fully saturated rings. The average molecular weight is 265 g/mol. The van der Waals surface area contributed by atoms with E-state index in [0.717, 1.165) is 12.8 Å². The van der Waals surface area contributed by atoms with E-state index < -0.39 is 12.9 Å². The van der Waals surface area contributed by atoms with Crippen molar-refractivity contribution in [1.29, 1.82) is 0 Å². The molecule has 4 heteroatoms. The second-order valence-electron chi connectivity index (χ2n) is 3.54. The Bertz CT molecular complexity index is 343. The number of ether oxygens (including phenoxy) is 1. The fraction of sp³-hybridized carbons (Fsp3) is 0.700. The summed E-state index contributed by atoms with van der Waals surface area (Å²) in [5.74, 6) is -0.403.